The van der Waals surface area contributed by atoms with E-state index in [9.17, 15) is 16.8 Å². The van der Waals surface area contributed by atoms with Crippen molar-refractivity contribution in [2.45, 2.75) is 19.6 Å². The second kappa shape index (κ2) is 6.64. The van der Waals surface area contributed by atoms with Crippen LogP contribution in [-0.4, -0.2) is 29.3 Å². The first-order valence-electron chi connectivity index (χ1n) is 6.15. The van der Waals surface area contributed by atoms with Crippen LogP contribution in [0.4, 0.5) is 0 Å². The van der Waals surface area contributed by atoms with E-state index in [2.05, 4.69) is 0 Å². The van der Waals surface area contributed by atoms with Crippen LogP contribution < -0.4 is 0 Å². The maximum atomic E-state index is 12.0. The van der Waals surface area contributed by atoms with Crippen LogP contribution in [0.1, 0.15) is 0 Å². The van der Waals surface area contributed by atoms with E-state index in [-0.39, 0.29) is 9.79 Å². The largest absolute Gasteiger partial charge is 0.224 e. The van der Waals surface area contributed by atoms with E-state index in [1.54, 1.807) is 18.2 Å². The number of sulfone groups is 2. The van der Waals surface area contributed by atoms with Crippen LogP contribution in [0.5, 0.6) is 0 Å². The molecule has 4 nitrogen and oxygen atoms in total. The molecule has 0 atom stereocenters. The van der Waals surface area contributed by atoms with Gasteiger partial charge in [-0.25, -0.2) is 16.8 Å². The highest BCUT2D eigenvalue weighted by Crippen LogP contribution is 2.36. The lowest BCUT2D eigenvalue weighted by Gasteiger charge is -2.10. The molecular formula is C14H12Cl2O4S3. The first-order chi connectivity index (χ1) is 10.5. The van der Waals surface area contributed by atoms with Gasteiger partial charge in [0.05, 0.1) is 19.8 Å². The lowest BCUT2D eigenvalue weighted by atomic mass is 10.3. The molecule has 0 amide bonds. The molecule has 0 heterocycles. The Morgan fingerprint density at radius 3 is 2.00 bits per heavy atom. The maximum absolute atomic E-state index is 12.0. The Kier molecular flexibility index (Phi) is 5.37. The van der Waals surface area contributed by atoms with Crippen LogP contribution in [0.25, 0.3) is 0 Å². The molecule has 9 heteroatoms. The van der Waals surface area contributed by atoms with Gasteiger partial charge in [0, 0.05) is 22.3 Å². The van der Waals surface area contributed by atoms with E-state index in [0.717, 1.165) is 12.5 Å². The Morgan fingerprint density at radius 2 is 1.48 bits per heavy atom. The zero-order chi connectivity index (χ0) is 17.4. The van der Waals surface area contributed by atoms with Crippen molar-refractivity contribution in [3.05, 3.63) is 46.4 Å². The van der Waals surface area contributed by atoms with Gasteiger partial charge in [-0.3, -0.25) is 0 Å². The third kappa shape index (κ3) is 4.64. The monoisotopic (exact) mass is 410 g/mol. The minimum absolute atomic E-state index is 0.0449. The second-order valence-corrected chi connectivity index (χ2v) is 10.8. The van der Waals surface area contributed by atoms with Crippen molar-refractivity contribution in [2.75, 3.05) is 12.5 Å². The Labute approximate surface area is 149 Å². The summed E-state index contributed by atoms with van der Waals surface area (Å²) in [6.45, 7) is 0. The van der Waals surface area contributed by atoms with Crippen molar-refractivity contribution in [3.63, 3.8) is 0 Å². The van der Waals surface area contributed by atoms with Gasteiger partial charge in [-0.05, 0) is 36.4 Å². The van der Waals surface area contributed by atoms with Crippen LogP contribution in [0.2, 0.25) is 10.0 Å². The minimum atomic E-state index is -3.60. The predicted octanol–water partition coefficient (Wildman–Crippen LogP) is 3.95. The van der Waals surface area contributed by atoms with Crippen molar-refractivity contribution < 1.29 is 16.8 Å². The van der Waals surface area contributed by atoms with Crippen LogP contribution in [0.15, 0.2) is 56.0 Å². The standard InChI is InChI=1S/C14H12Cl2O4S3/c1-22(17,18)10-4-6-13(14(8-10)23(2,19)20)21-9-3-5-11(15)12(16)7-9/h3-8H,1-2H3. The first-order valence-corrected chi connectivity index (χ1v) is 11.5. The summed E-state index contributed by atoms with van der Waals surface area (Å²) in [7, 11) is -7.10. The summed E-state index contributed by atoms with van der Waals surface area (Å²) in [5.74, 6) is 0. The van der Waals surface area contributed by atoms with Gasteiger partial charge in [0.25, 0.3) is 0 Å². The van der Waals surface area contributed by atoms with Gasteiger partial charge in [0.15, 0.2) is 19.7 Å². The van der Waals surface area contributed by atoms with E-state index < -0.39 is 19.7 Å². The molecule has 124 valence electrons. The molecule has 0 aliphatic carbocycles. The highest BCUT2D eigenvalue weighted by molar-refractivity contribution is 8.00. The van der Waals surface area contributed by atoms with Crippen molar-refractivity contribution in [3.8, 4) is 0 Å². The fraction of sp³-hybridized carbons (Fsp3) is 0.143. The molecule has 0 saturated carbocycles. The Morgan fingerprint density at radius 1 is 0.826 bits per heavy atom. The molecule has 0 unspecified atom stereocenters. The van der Waals surface area contributed by atoms with Gasteiger partial charge >= 0.3 is 0 Å². The smallest absolute Gasteiger partial charge is 0.176 e. The molecule has 0 spiro atoms. The fourth-order valence-corrected chi connectivity index (χ4v) is 5.06. The van der Waals surface area contributed by atoms with Crippen molar-refractivity contribution in [1.82, 2.24) is 0 Å². The lowest BCUT2D eigenvalue weighted by molar-refractivity contribution is 0.598. The minimum Gasteiger partial charge on any atom is -0.224 e. The topological polar surface area (TPSA) is 68.3 Å². The third-order valence-electron chi connectivity index (χ3n) is 2.86. The summed E-state index contributed by atoms with van der Waals surface area (Å²) in [4.78, 5) is 1.02. The summed E-state index contributed by atoms with van der Waals surface area (Å²) >= 11 is 13.0. The van der Waals surface area contributed by atoms with Gasteiger partial charge in [-0.15, -0.1) is 0 Å². The molecule has 2 aromatic rings. The number of benzene rings is 2. The molecule has 2 aromatic carbocycles. The van der Waals surface area contributed by atoms with Gasteiger partial charge in [0.1, 0.15) is 0 Å². The Hall–Kier alpha value is -0.730. The molecule has 2 rings (SSSR count). The van der Waals surface area contributed by atoms with Crippen LogP contribution >= 0.6 is 35.0 Å². The molecule has 0 aliphatic rings. The average molecular weight is 411 g/mol. The average Bonchev–Trinajstić information content (AvgIpc) is 2.41. The summed E-state index contributed by atoms with van der Waals surface area (Å²) in [5, 5.41) is 0.747. The molecule has 0 aromatic heterocycles. The molecule has 0 radical (unpaired) electrons. The highest BCUT2D eigenvalue weighted by atomic mass is 35.5. The van der Waals surface area contributed by atoms with E-state index in [1.807, 2.05) is 0 Å². The summed E-state index contributed by atoms with van der Waals surface area (Å²) < 4.78 is 47.2. The highest BCUT2D eigenvalue weighted by Gasteiger charge is 2.18. The number of hydrogen-bond donors (Lipinski definition) is 0. The van der Waals surface area contributed by atoms with Crippen LogP contribution in [0, 0.1) is 0 Å². The van der Waals surface area contributed by atoms with Crippen molar-refractivity contribution in [2.24, 2.45) is 0 Å². The summed E-state index contributed by atoms with van der Waals surface area (Å²) in [5.41, 5.74) is 0. The number of hydrogen-bond acceptors (Lipinski definition) is 5. The van der Waals surface area contributed by atoms with Crippen LogP contribution in [-0.2, 0) is 19.7 Å². The van der Waals surface area contributed by atoms with E-state index in [4.69, 9.17) is 23.2 Å². The van der Waals surface area contributed by atoms with E-state index >= 15 is 0 Å². The first kappa shape index (κ1) is 18.6. The fourth-order valence-electron chi connectivity index (χ4n) is 1.76. The SMILES string of the molecule is CS(=O)(=O)c1ccc(Sc2ccc(Cl)c(Cl)c2)c(S(C)(=O)=O)c1. The quantitative estimate of drug-likeness (QED) is 0.762. The van der Waals surface area contributed by atoms with Gasteiger partial charge in [-0.2, -0.15) is 0 Å². The molecule has 0 saturated heterocycles. The Bertz CT molecular complexity index is 968. The zero-order valence-corrected chi connectivity index (χ0v) is 16.0. The van der Waals surface area contributed by atoms with E-state index in [1.165, 1.54) is 30.0 Å². The number of halogens is 2. The van der Waals surface area contributed by atoms with Gasteiger partial charge < -0.3 is 0 Å². The molecule has 0 fully saturated rings. The normalized spacial score (nSPS) is 12.3. The van der Waals surface area contributed by atoms with Crippen LogP contribution in [0.3, 0.4) is 0 Å². The van der Waals surface area contributed by atoms with Crippen molar-refractivity contribution >= 4 is 54.6 Å². The third-order valence-corrected chi connectivity index (χ3v) is 7.04. The molecule has 23 heavy (non-hydrogen) atoms. The molecular weight excluding hydrogens is 399 g/mol. The lowest BCUT2D eigenvalue weighted by Crippen LogP contribution is -2.03. The predicted molar refractivity (Wildman–Crippen MR) is 93.2 cm³/mol. The second-order valence-electron chi connectivity index (χ2n) is 4.83. The molecule has 0 aliphatic heterocycles. The Balaban J connectivity index is 2.56. The molecule has 0 bridgehead atoms. The number of rotatable bonds is 4. The molecule has 0 N–H and O–H groups in total. The summed E-state index contributed by atoms with van der Waals surface area (Å²) in [6, 6.07) is 8.95. The van der Waals surface area contributed by atoms with E-state index in [0.29, 0.717) is 19.8 Å². The van der Waals surface area contributed by atoms with Gasteiger partial charge in [0.2, 0.25) is 0 Å². The van der Waals surface area contributed by atoms with Crippen molar-refractivity contribution in [1.29, 1.82) is 0 Å². The maximum Gasteiger partial charge on any atom is 0.176 e. The van der Waals surface area contributed by atoms with Gasteiger partial charge in [-0.1, -0.05) is 35.0 Å². The zero-order valence-electron chi connectivity index (χ0n) is 12.1. The summed E-state index contributed by atoms with van der Waals surface area (Å²) in [6.07, 6.45) is 2.06.